The second-order valence-electron chi connectivity index (χ2n) is 2.12. The average molecular weight is 189 g/mol. The van der Waals surface area contributed by atoms with Crippen molar-refractivity contribution in [1.82, 2.24) is 10.2 Å². The number of nitrogens with zero attached hydrogens (tertiary/aromatic N) is 1. The Morgan fingerprint density at radius 1 is 1.75 bits per heavy atom. The number of carbonyl (C=O) groups is 1. The van der Waals surface area contributed by atoms with Gasteiger partial charge in [0.15, 0.2) is 0 Å². The molecule has 0 atom stereocenters. The van der Waals surface area contributed by atoms with Crippen molar-refractivity contribution in [2.24, 2.45) is 0 Å². The van der Waals surface area contributed by atoms with Crippen LogP contribution in [0.15, 0.2) is 10.9 Å². The monoisotopic (exact) mass is 188 g/mol. The van der Waals surface area contributed by atoms with Crippen molar-refractivity contribution in [2.45, 2.75) is 6.42 Å². The van der Waals surface area contributed by atoms with Gasteiger partial charge in [-0.2, -0.15) is 5.10 Å². The molecule has 1 heterocycles. The van der Waals surface area contributed by atoms with Gasteiger partial charge in [0.25, 0.3) is 5.56 Å². The summed E-state index contributed by atoms with van der Waals surface area (Å²) < 4.78 is 0. The largest absolute Gasteiger partial charge is 0.481 e. The van der Waals surface area contributed by atoms with Crippen LogP contribution in [-0.4, -0.2) is 21.3 Å². The molecule has 0 radical (unpaired) electrons. The summed E-state index contributed by atoms with van der Waals surface area (Å²) >= 11 is 5.43. The van der Waals surface area contributed by atoms with Gasteiger partial charge in [-0.1, -0.05) is 11.6 Å². The third-order valence-electron chi connectivity index (χ3n) is 1.19. The Labute approximate surface area is 72.0 Å². The van der Waals surface area contributed by atoms with Gasteiger partial charge in [-0.3, -0.25) is 9.59 Å². The highest BCUT2D eigenvalue weighted by atomic mass is 35.5. The van der Waals surface area contributed by atoms with Crippen molar-refractivity contribution in [3.05, 3.63) is 27.1 Å². The highest BCUT2D eigenvalue weighted by molar-refractivity contribution is 6.29. The van der Waals surface area contributed by atoms with Crippen LogP contribution in [0.3, 0.4) is 0 Å². The molecule has 5 nitrogen and oxygen atoms in total. The van der Waals surface area contributed by atoms with Crippen LogP contribution in [0.25, 0.3) is 0 Å². The molecular weight excluding hydrogens is 184 g/mol. The van der Waals surface area contributed by atoms with E-state index in [1.54, 1.807) is 0 Å². The van der Waals surface area contributed by atoms with Crippen LogP contribution in [0.1, 0.15) is 5.56 Å². The molecule has 1 aromatic heterocycles. The highest BCUT2D eigenvalue weighted by Gasteiger charge is 2.05. The molecule has 0 saturated heterocycles. The summed E-state index contributed by atoms with van der Waals surface area (Å²) in [6.45, 7) is 0. The van der Waals surface area contributed by atoms with Crippen molar-refractivity contribution in [3.63, 3.8) is 0 Å². The first-order valence-corrected chi connectivity index (χ1v) is 3.43. The first-order chi connectivity index (χ1) is 5.59. The molecule has 0 bridgehead atoms. The fourth-order valence-electron chi connectivity index (χ4n) is 0.712. The minimum Gasteiger partial charge on any atom is -0.481 e. The van der Waals surface area contributed by atoms with Crippen molar-refractivity contribution >= 4 is 17.6 Å². The number of hydrogen-bond donors (Lipinski definition) is 2. The first kappa shape index (κ1) is 8.73. The van der Waals surface area contributed by atoms with Gasteiger partial charge in [0.1, 0.15) is 5.15 Å². The lowest BCUT2D eigenvalue weighted by atomic mass is 10.2. The predicted octanol–water partition coefficient (Wildman–Crippen LogP) is 0.0504. The number of rotatable bonds is 2. The van der Waals surface area contributed by atoms with E-state index in [2.05, 4.69) is 10.2 Å². The fourth-order valence-corrected chi connectivity index (χ4v) is 0.886. The van der Waals surface area contributed by atoms with Gasteiger partial charge in [0.05, 0.1) is 6.42 Å². The summed E-state index contributed by atoms with van der Waals surface area (Å²) in [6.07, 6.45) is -0.350. The Morgan fingerprint density at radius 3 is 3.00 bits per heavy atom. The lowest BCUT2D eigenvalue weighted by Crippen LogP contribution is -2.17. The van der Waals surface area contributed by atoms with Gasteiger partial charge in [0.2, 0.25) is 0 Å². The van der Waals surface area contributed by atoms with Gasteiger partial charge in [0, 0.05) is 5.56 Å². The van der Waals surface area contributed by atoms with Crippen LogP contribution in [-0.2, 0) is 11.2 Å². The molecular formula is C6H5ClN2O3. The molecule has 2 N–H and O–H groups in total. The van der Waals surface area contributed by atoms with Gasteiger partial charge < -0.3 is 5.11 Å². The molecule has 0 aliphatic rings. The SMILES string of the molecule is O=C(O)Cc1cc(Cl)n[nH]c1=O. The van der Waals surface area contributed by atoms with Crippen LogP contribution in [0, 0.1) is 0 Å². The third kappa shape index (κ3) is 2.06. The first-order valence-electron chi connectivity index (χ1n) is 3.05. The zero-order valence-corrected chi connectivity index (χ0v) is 6.63. The van der Waals surface area contributed by atoms with Crippen LogP contribution in [0.4, 0.5) is 0 Å². The second kappa shape index (κ2) is 3.36. The molecule has 1 aromatic rings. The fraction of sp³-hybridized carbons (Fsp3) is 0.167. The van der Waals surface area contributed by atoms with Crippen molar-refractivity contribution < 1.29 is 9.90 Å². The molecule has 12 heavy (non-hydrogen) atoms. The molecule has 1 rings (SSSR count). The Hall–Kier alpha value is -1.36. The zero-order chi connectivity index (χ0) is 9.14. The molecule has 6 heteroatoms. The van der Waals surface area contributed by atoms with E-state index in [-0.39, 0.29) is 17.1 Å². The molecule has 64 valence electrons. The molecule has 0 aromatic carbocycles. The van der Waals surface area contributed by atoms with E-state index >= 15 is 0 Å². The maximum Gasteiger partial charge on any atom is 0.308 e. The highest BCUT2D eigenvalue weighted by Crippen LogP contribution is 2.01. The molecule has 0 saturated carbocycles. The summed E-state index contributed by atoms with van der Waals surface area (Å²) in [6, 6.07) is 1.23. The third-order valence-corrected chi connectivity index (χ3v) is 1.38. The average Bonchev–Trinajstić information content (AvgIpc) is 1.96. The molecule has 0 spiro atoms. The minimum atomic E-state index is -1.08. The second-order valence-corrected chi connectivity index (χ2v) is 2.50. The standard InChI is InChI=1S/C6H5ClN2O3/c7-4-1-3(2-5(10)11)6(12)9-8-4/h1H,2H2,(H,9,12)(H,10,11). The normalized spacial score (nSPS) is 9.75. The predicted molar refractivity (Wildman–Crippen MR) is 41.2 cm³/mol. The number of aromatic nitrogens is 2. The van der Waals surface area contributed by atoms with Crippen molar-refractivity contribution in [3.8, 4) is 0 Å². The van der Waals surface area contributed by atoms with Crippen LogP contribution >= 0.6 is 11.6 Å². The zero-order valence-electron chi connectivity index (χ0n) is 5.87. The number of carboxylic acid groups (broad SMARTS) is 1. The van der Waals surface area contributed by atoms with Gasteiger partial charge in [-0.15, -0.1) is 0 Å². The Bertz CT molecular complexity index is 360. The maximum absolute atomic E-state index is 10.9. The van der Waals surface area contributed by atoms with E-state index in [1.807, 2.05) is 0 Å². The minimum absolute atomic E-state index is 0.0749. The summed E-state index contributed by atoms with van der Waals surface area (Å²) in [5.41, 5.74) is -0.427. The Kier molecular flexibility index (Phi) is 2.44. The Balaban J connectivity index is 3.06. The van der Waals surface area contributed by atoms with Gasteiger partial charge >= 0.3 is 5.97 Å². The number of halogens is 1. The van der Waals surface area contributed by atoms with Gasteiger partial charge in [-0.25, -0.2) is 5.10 Å². The van der Waals surface area contributed by atoms with E-state index in [4.69, 9.17) is 16.7 Å². The van der Waals surface area contributed by atoms with E-state index in [9.17, 15) is 9.59 Å². The van der Waals surface area contributed by atoms with Crippen LogP contribution in [0.2, 0.25) is 5.15 Å². The summed E-state index contributed by atoms with van der Waals surface area (Å²) in [4.78, 5) is 21.1. The van der Waals surface area contributed by atoms with E-state index < -0.39 is 11.5 Å². The number of aliphatic carboxylic acids is 1. The van der Waals surface area contributed by atoms with E-state index in [0.29, 0.717) is 0 Å². The van der Waals surface area contributed by atoms with E-state index in [0.717, 1.165) is 0 Å². The summed E-state index contributed by atoms with van der Waals surface area (Å²) in [5.74, 6) is -1.08. The topological polar surface area (TPSA) is 83.0 Å². The molecule has 0 aliphatic carbocycles. The lowest BCUT2D eigenvalue weighted by Gasteiger charge is -1.94. The van der Waals surface area contributed by atoms with E-state index in [1.165, 1.54) is 6.07 Å². The number of nitrogens with one attached hydrogen (secondary N) is 1. The van der Waals surface area contributed by atoms with Crippen LogP contribution < -0.4 is 5.56 Å². The molecule has 0 aliphatic heterocycles. The molecule has 0 amide bonds. The molecule has 0 unspecified atom stereocenters. The van der Waals surface area contributed by atoms with Crippen molar-refractivity contribution in [1.29, 1.82) is 0 Å². The molecule has 0 fully saturated rings. The quantitative estimate of drug-likeness (QED) is 0.687. The van der Waals surface area contributed by atoms with Crippen LogP contribution in [0.5, 0.6) is 0 Å². The number of carboxylic acids is 1. The number of aromatic amines is 1. The smallest absolute Gasteiger partial charge is 0.308 e. The lowest BCUT2D eigenvalue weighted by molar-refractivity contribution is -0.136. The van der Waals surface area contributed by atoms with Gasteiger partial charge in [-0.05, 0) is 6.07 Å². The summed E-state index contributed by atoms with van der Waals surface area (Å²) in [5, 5.41) is 13.9. The maximum atomic E-state index is 10.9. The number of hydrogen-bond acceptors (Lipinski definition) is 3. The summed E-state index contributed by atoms with van der Waals surface area (Å²) in [7, 11) is 0. The van der Waals surface area contributed by atoms with Crippen molar-refractivity contribution in [2.75, 3.05) is 0 Å². The number of H-pyrrole nitrogens is 1. The Morgan fingerprint density at radius 2 is 2.42 bits per heavy atom.